The van der Waals surface area contributed by atoms with Gasteiger partial charge >= 0.3 is 0 Å². The number of nitrogens with zero attached hydrogens (tertiary/aromatic N) is 1. The summed E-state index contributed by atoms with van der Waals surface area (Å²) in [7, 11) is -3.26. The Morgan fingerprint density at radius 3 is 2.79 bits per heavy atom. The van der Waals surface area contributed by atoms with Crippen molar-refractivity contribution in [2.24, 2.45) is 0 Å². The average Bonchev–Trinajstić information content (AvgIpc) is 2.39. The number of rotatable bonds is 5. The molecule has 1 aliphatic heterocycles. The third-order valence-electron chi connectivity index (χ3n) is 3.40. The minimum atomic E-state index is -3.26. The Morgan fingerprint density at radius 1 is 1.42 bits per heavy atom. The number of hydrogen-bond acceptors (Lipinski definition) is 4. The zero-order valence-electron chi connectivity index (χ0n) is 11.2. The normalized spacial score (nSPS) is 22.1. The number of hydrogen-bond donors (Lipinski definition) is 2. The van der Waals surface area contributed by atoms with Crippen molar-refractivity contribution in [3.8, 4) is 0 Å². The smallest absolute Gasteiger partial charge is 0.213 e. The third kappa shape index (κ3) is 4.56. The van der Waals surface area contributed by atoms with E-state index in [1.165, 1.54) is 0 Å². The highest BCUT2D eigenvalue weighted by Gasteiger charge is 2.22. The molecule has 0 spiro atoms. The van der Waals surface area contributed by atoms with Crippen LogP contribution in [0.4, 0.5) is 0 Å². The molecule has 1 aromatic rings. The monoisotopic (exact) mass is 283 g/mol. The molecule has 106 valence electrons. The number of aromatic nitrogens is 1. The highest BCUT2D eigenvalue weighted by atomic mass is 32.2. The molecule has 19 heavy (non-hydrogen) atoms. The number of pyridine rings is 1. The van der Waals surface area contributed by atoms with Crippen LogP contribution < -0.4 is 10.0 Å². The van der Waals surface area contributed by atoms with Crippen molar-refractivity contribution < 1.29 is 8.42 Å². The summed E-state index contributed by atoms with van der Waals surface area (Å²) in [4.78, 5) is 3.93. The fraction of sp³-hybridized carbons (Fsp3) is 0.615. The highest BCUT2D eigenvalue weighted by molar-refractivity contribution is 7.89. The minimum Gasteiger partial charge on any atom is -0.313 e. The van der Waals surface area contributed by atoms with Gasteiger partial charge in [0.2, 0.25) is 10.0 Å². The maximum Gasteiger partial charge on any atom is 0.213 e. The fourth-order valence-corrected chi connectivity index (χ4v) is 3.95. The van der Waals surface area contributed by atoms with Crippen LogP contribution in [0.3, 0.4) is 0 Å². The minimum absolute atomic E-state index is 0.0795. The molecule has 1 aliphatic rings. The molecule has 0 saturated carbocycles. The first-order valence-corrected chi connectivity index (χ1v) is 8.35. The summed E-state index contributed by atoms with van der Waals surface area (Å²) in [5.74, 6) is 0.155. The lowest BCUT2D eigenvalue weighted by Gasteiger charge is -2.24. The lowest BCUT2D eigenvalue weighted by Crippen LogP contribution is -2.43. The molecular weight excluding hydrogens is 262 g/mol. The number of piperidine rings is 1. The molecule has 6 heteroatoms. The van der Waals surface area contributed by atoms with Gasteiger partial charge in [0, 0.05) is 24.5 Å². The Balaban J connectivity index is 1.93. The Labute approximate surface area is 114 Å². The largest absolute Gasteiger partial charge is 0.313 e. The molecule has 0 aliphatic carbocycles. The van der Waals surface area contributed by atoms with Crippen LogP contribution in [-0.4, -0.2) is 31.7 Å². The van der Waals surface area contributed by atoms with Crippen molar-refractivity contribution in [3.05, 3.63) is 30.1 Å². The van der Waals surface area contributed by atoms with Crippen LogP contribution >= 0.6 is 0 Å². The maximum atomic E-state index is 12.1. The standard InChI is InChI=1S/C13H21N3O2S/c1-11(12-5-8-14-9-6-12)16-19(17,18)10-13-4-2-3-7-15-13/h5-6,8-9,11,13,15-16H,2-4,7,10H2,1H3. The first-order chi connectivity index (χ1) is 9.07. The van der Waals surface area contributed by atoms with Crippen molar-refractivity contribution in [2.75, 3.05) is 12.3 Å². The average molecular weight is 283 g/mol. The van der Waals surface area contributed by atoms with Crippen LogP contribution in [0.25, 0.3) is 0 Å². The molecule has 2 heterocycles. The van der Waals surface area contributed by atoms with Gasteiger partial charge < -0.3 is 5.32 Å². The second-order valence-corrected chi connectivity index (χ2v) is 6.85. The van der Waals surface area contributed by atoms with Crippen molar-refractivity contribution in [2.45, 2.75) is 38.3 Å². The molecule has 1 fully saturated rings. The van der Waals surface area contributed by atoms with Gasteiger partial charge in [0.25, 0.3) is 0 Å². The lowest BCUT2D eigenvalue weighted by atomic mass is 10.1. The van der Waals surface area contributed by atoms with Gasteiger partial charge in [0.15, 0.2) is 0 Å². The van der Waals surface area contributed by atoms with Crippen molar-refractivity contribution in [1.29, 1.82) is 0 Å². The highest BCUT2D eigenvalue weighted by Crippen LogP contribution is 2.14. The van der Waals surface area contributed by atoms with E-state index in [1.54, 1.807) is 12.4 Å². The SMILES string of the molecule is CC(NS(=O)(=O)CC1CCCCN1)c1ccncc1. The summed E-state index contributed by atoms with van der Waals surface area (Å²) < 4.78 is 27.0. The summed E-state index contributed by atoms with van der Waals surface area (Å²) >= 11 is 0. The second-order valence-electron chi connectivity index (χ2n) is 5.05. The van der Waals surface area contributed by atoms with Gasteiger partial charge in [-0.15, -0.1) is 0 Å². The quantitative estimate of drug-likeness (QED) is 0.852. The third-order valence-corrected chi connectivity index (χ3v) is 4.95. The Morgan fingerprint density at radius 2 is 2.16 bits per heavy atom. The summed E-state index contributed by atoms with van der Waals surface area (Å²) in [6.07, 6.45) is 6.51. The Kier molecular flexibility index (Phi) is 4.90. The molecule has 1 aromatic heterocycles. The Bertz CT molecular complexity index is 484. The predicted octanol–water partition coefficient (Wildman–Crippen LogP) is 1.20. The van der Waals surface area contributed by atoms with E-state index in [2.05, 4.69) is 15.0 Å². The molecule has 2 rings (SSSR count). The van der Waals surface area contributed by atoms with Gasteiger partial charge in [-0.25, -0.2) is 13.1 Å². The summed E-state index contributed by atoms with van der Waals surface area (Å²) in [5, 5.41) is 3.26. The van der Waals surface area contributed by atoms with E-state index in [0.29, 0.717) is 0 Å². The lowest BCUT2D eigenvalue weighted by molar-refractivity contribution is 0.421. The van der Waals surface area contributed by atoms with E-state index in [0.717, 1.165) is 31.4 Å². The summed E-state index contributed by atoms with van der Waals surface area (Å²) in [6.45, 7) is 2.77. The van der Waals surface area contributed by atoms with E-state index in [4.69, 9.17) is 0 Å². The molecular formula is C13H21N3O2S. The topological polar surface area (TPSA) is 71.1 Å². The van der Waals surface area contributed by atoms with E-state index in [9.17, 15) is 8.42 Å². The molecule has 5 nitrogen and oxygen atoms in total. The van der Waals surface area contributed by atoms with Crippen LogP contribution in [0.2, 0.25) is 0 Å². The van der Waals surface area contributed by atoms with E-state index >= 15 is 0 Å². The predicted molar refractivity (Wildman–Crippen MR) is 75.2 cm³/mol. The van der Waals surface area contributed by atoms with E-state index < -0.39 is 10.0 Å². The van der Waals surface area contributed by atoms with Gasteiger partial charge in [-0.05, 0) is 44.0 Å². The zero-order valence-corrected chi connectivity index (χ0v) is 12.0. The van der Waals surface area contributed by atoms with Gasteiger partial charge in [0.1, 0.15) is 0 Å². The van der Waals surface area contributed by atoms with E-state index in [-0.39, 0.29) is 17.8 Å². The molecule has 0 aromatic carbocycles. The first-order valence-electron chi connectivity index (χ1n) is 6.70. The molecule has 2 unspecified atom stereocenters. The molecule has 1 saturated heterocycles. The maximum absolute atomic E-state index is 12.1. The van der Waals surface area contributed by atoms with Crippen LogP contribution in [-0.2, 0) is 10.0 Å². The molecule has 2 N–H and O–H groups in total. The van der Waals surface area contributed by atoms with Crippen molar-refractivity contribution in [3.63, 3.8) is 0 Å². The van der Waals surface area contributed by atoms with Gasteiger partial charge in [-0.2, -0.15) is 0 Å². The molecule has 0 bridgehead atoms. The van der Waals surface area contributed by atoms with Gasteiger partial charge in [0.05, 0.1) is 5.75 Å². The van der Waals surface area contributed by atoms with Crippen LogP contribution in [0, 0.1) is 0 Å². The van der Waals surface area contributed by atoms with Crippen LogP contribution in [0.5, 0.6) is 0 Å². The molecule has 0 radical (unpaired) electrons. The van der Waals surface area contributed by atoms with Crippen molar-refractivity contribution >= 4 is 10.0 Å². The molecule has 2 atom stereocenters. The summed E-state index contributed by atoms with van der Waals surface area (Å²) in [6, 6.07) is 3.51. The molecule has 0 amide bonds. The van der Waals surface area contributed by atoms with Crippen LogP contribution in [0.15, 0.2) is 24.5 Å². The second kappa shape index (κ2) is 6.45. The Hall–Kier alpha value is -0.980. The number of nitrogens with one attached hydrogen (secondary N) is 2. The van der Waals surface area contributed by atoms with Crippen LogP contribution in [0.1, 0.15) is 37.8 Å². The zero-order chi connectivity index (χ0) is 13.7. The first kappa shape index (κ1) is 14.4. The van der Waals surface area contributed by atoms with E-state index in [1.807, 2.05) is 19.1 Å². The summed E-state index contributed by atoms with van der Waals surface area (Å²) in [5.41, 5.74) is 0.926. The van der Waals surface area contributed by atoms with Gasteiger partial charge in [-0.1, -0.05) is 6.42 Å². The van der Waals surface area contributed by atoms with Crippen molar-refractivity contribution in [1.82, 2.24) is 15.0 Å². The van der Waals surface area contributed by atoms with Gasteiger partial charge in [-0.3, -0.25) is 4.98 Å². The number of sulfonamides is 1. The fourth-order valence-electron chi connectivity index (χ4n) is 2.37.